The fraction of sp³-hybridized carbons (Fsp3) is 0.308. The number of rotatable bonds is 2. The molecule has 7 heteroatoms. The summed E-state index contributed by atoms with van der Waals surface area (Å²) in [5.74, 6) is -0.949. The first-order valence-corrected chi connectivity index (χ1v) is 6.01. The monoisotopic (exact) mass is 301 g/mol. The number of methoxy groups -OCH3 is 1. The molecule has 3 rings (SSSR count). The van der Waals surface area contributed by atoms with E-state index in [1.807, 2.05) is 0 Å². The van der Waals surface area contributed by atoms with Gasteiger partial charge in [0.25, 0.3) is 0 Å². The van der Waals surface area contributed by atoms with Crippen LogP contribution in [0.1, 0.15) is 11.4 Å². The lowest BCUT2D eigenvalue weighted by Crippen LogP contribution is -2.23. The van der Waals surface area contributed by atoms with Gasteiger partial charge >= 0.3 is 0 Å². The Labute approximate surface area is 121 Å². The first-order chi connectivity index (χ1) is 9.19. The Kier molecular flexibility index (Phi) is 4.25. The molecular weight excluding hydrogens is 288 g/mol. The molecule has 0 saturated carbocycles. The number of nitrogens with zero attached hydrogens (tertiary/aromatic N) is 1. The third kappa shape index (κ3) is 2.48. The second-order valence-electron chi connectivity index (χ2n) is 4.41. The van der Waals surface area contributed by atoms with E-state index in [-0.39, 0.29) is 18.2 Å². The molecule has 2 heterocycles. The van der Waals surface area contributed by atoms with Crippen LogP contribution < -0.4 is 10.1 Å². The van der Waals surface area contributed by atoms with Crippen LogP contribution in [0.2, 0.25) is 0 Å². The maximum Gasteiger partial charge on any atom is 0.168 e. The molecule has 0 amide bonds. The molecule has 0 radical (unpaired) electrons. The van der Waals surface area contributed by atoms with Gasteiger partial charge in [-0.05, 0) is 6.07 Å². The van der Waals surface area contributed by atoms with Crippen LogP contribution in [-0.4, -0.2) is 23.6 Å². The number of ether oxygens (including phenoxy) is 1. The maximum absolute atomic E-state index is 13.7. The highest BCUT2D eigenvalue weighted by atomic mass is 35.5. The molecular formula is C13H14ClF2N3O. The average Bonchev–Trinajstić information content (AvgIpc) is 2.81. The second-order valence-corrected chi connectivity index (χ2v) is 4.41. The van der Waals surface area contributed by atoms with Crippen LogP contribution >= 0.6 is 12.4 Å². The first-order valence-electron chi connectivity index (χ1n) is 6.01. The highest BCUT2D eigenvalue weighted by Gasteiger charge is 2.20. The highest BCUT2D eigenvalue weighted by molar-refractivity contribution is 5.85. The molecule has 0 fully saturated rings. The van der Waals surface area contributed by atoms with E-state index in [1.165, 1.54) is 13.2 Å². The number of aromatic amines is 1. The smallest absolute Gasteiger partial charge is 0.168 e. The molecule has 108 valence electrons. The van der Waals surface area contributed by atoms with Crippen molar-refractivity contribution in [3.05, 3.63) is 35.2 Å². The van der Waals surface area contributed by atoms with Gasteiger partial charge < -0.3 is 15.0 Å². The van der Waals surface area contributed by atoms with E-state index in [1.54, 1.807) is 0 Å². The molecule has 2 N–H and O–H groups in total. The van der Waals surface area contributed by atoms with Crippen molar-refractivity contribution in [3.8, 4) is 17.1 Å². The van der Waals surface area contributed by atoms with E-state index in [2.05, 4.69) is 15.3 Å². The maximum atomic E-state index is 13.7. The summed E-state index contributed by atoms with van der Waals surface area (Å²) in [7, 11) is 1.35. The lowest BCUT2D eigenvalue weighted by Gasteiger charge is -2.09. The zero-order valence-corrected chi connectivity index (χ0v) is 11.6. The molecule has 0 saturated heterocycles. The van der Waals surface area contributed by atoms with Crippen molar-refractivity contribution in [1.82, 2.24) is 15.3 Å². The van der Waals surface area contributed by atoms with Crippen molar-refractivity contribution in [1.29, 1.82) is 0 Å². The molecule has 0 aliphatic carbocycles. The Morgan fingerprint density at radius 2 is 2.10 bits per heavy atom. The summed E-state index contributed by atoms with van der Waals surface area (Å²) in [4.78, 5) is 7.50. The van der Waals surface area contributed by atoms with E-state index >= 15 is 0 Å². The largest absolute Gasteiger partial charge is 0.493 e. The summed E-state index contributed by atoms with van der Waals surface area (Å²) in [6.07, 6.45) is 0.798. The predicted molar refractivity (Wildman–Crippen MR) is 73.2 cm³/mol. The van der Waals surface area contributed by atoms with Crippen molar-refractivity contribution in [2.75, 3.05) is 13.7 Å². The first kappa shape index (κ1) is 14.7. The summed E-state index contributed by atoms with van der Waals surface area (Å²) < 4.78 is 32.0. The molecule has 1 aliphatic rings. The van der Waals surface area contributed by atoms with Crippen LogP contribution in [0.3, 0.4) is 0 Å². The van der Waals surface area contributed by atoms with Crippen molar-refractivity contribution in [2.45, 2.75) is 13.0 Å². The number of nitrogens with one attached hydrogen (secondary N) is 2. The van der Waals surface area contributed by atoms with E-state index in [0.29, 0.717) is 17.9 Å². The van der Waals surface area contributed by atoms with Gasteiger partial charge in [-0.1, -0.05) is 0 Å². The van der Waals surface area contributed by atoms with E-state index in [9.17, 15) is 8.78 Å². The van der Waals surface area contributed by atoms with E-state index < -0.39 is 11.6 Å². The minimum Gasteiger partial charge on any atom is -0.493 e. The zero-order chi connectivity index (χ0) is 13.4. The van der Waals surface area contributed by atoms with Gasteiger partial charge in [0.1, 0.15) is 11.6 Å². The third-order valence-corrected chi connectivity index (χ3v) is 3.17. The Hall–Kier alpha value is -1.66. The number of hydrogen-bond acceptors (Lipinski definition) is 3. The van der Waals surface area contributed by atoms with Crippen molar-refractivity contribution in [2.24, 2.45) is 0 Å². The third-order valence-electron chi connectivity index (χ3n) is 3.17. The molecule has 0 unspecified atom stereocenters. The Balaban J connectivity index is 0.00000147. The minimum absolute atomic E-state index is 0. The van der Waals surface area contributed by atoms with Crippen LogP contribution in [0, 0.1) is 11.6 Å². The Bertz CT molecular complexity index is 607. The van der Waals surface area contributed by atoms with Crippen molar-refractivity contribution < 1.29 is 13.5 Å². The summed E-state index contributed by atoms with van der Waals surface area (Å²) in [5.41, 5.74) is 2.18. The molecule has 0 bridgehead atoms. The number of halogens is 3. The lowest BCUT2D eigenvalue weighted by molar-refractivity contribution is 0.385. The normalized spacial score (nSPS) is 13.6. The Morgan fingerprint density at radius 1 is 1.30 bits per heavy atom. The number of aromatic nitrogens is 2. The topological polar surface area (TPSA) is 49.9 Å². The van der Waals surface area contributed by atoms with Crippen molar-refractivity contribution >= 4 is 12.4 Å². The van der Waals surface area contributed by atoms with Gasteiger partial charge in [0, 0.05) is 25.6 Å². The summed E-state index contributed by atoms with van der Waals surface area (Å²) in [5, 5.41) is 3.21. The molecule has 1 aromatic heterocycles. The minimum atomic E-state index is -0.731. The van der Waals surface area contributed by atoms with E-state index in [4.69, 9.17) is 4.74 Å². The molecule has 4 nitrogen and oxygen atoms in total. The number of benzene rings is 1. The predicted octanol–water partition coefficient (Wildman–Crippen LogP) is 2.43. The molecule has 0 atom stereocenters. The van der Waals surface area contributed by atoms with Crippen LogP contribution in [-0.2, 0) is 13.0 Å². The zero-order valence-electron chi connectivity index (χ0n) is 10.8. The Morgan fingerprint density at radius 3 is 2.80 bits per heavy atom. The molecule has 1 aliphatic heterocycles. The molecule has 0 spiro atoms. The van der Waals surface area contributed by atoms with Gasteiger partial charge in [-0.3, -0.25) is 0 Å². The van der Waals surface area contributed by atoms with Gasteiger partial charge in [-0.15, -0.1) is 12.4 Å². The second kappa shape index (κ2) is 5.76. The van der Waals surface area contributed by atoms with Crippen LogP contribution in [0.25, 0.3) is 11.4 Å². The van der Waals surface area contributed by atoms with Gasteiger partial charge in [-0.2, -0.15) is 0 Å². The number of hydrogen-bond donors (Lipinski definition) is 2. The number of imidazole rings is 1. The number of fused-ring (bicyclic) bond motifs is 1. The van der Waals surface area contributed by atoms with Gasteiger partial charge in [0.2, 0.25) is 0 Å². The van der Waals surface area contributed by atoms with Crippen molar-refractivity contribution in [3.63, 3.8) is 0 Å². The van der Waals surface area contributed by atoms with Gasteiger partial charge in [0.05, 0.1) is 24.1 Å². The van der Waals surface area contributed by atoms with E-state index in [0.717, 1.165) is 30.4 Å². The van der Waals surface area contributed by atoms with Gasteiger partial charge in [0.15, 0.2) is 11.6 Å². The molecule has 20 heavy (non-hydrogen) atoms. The SMILES string of the molecule is COc1c(F)cc(F)cc1-c1nc2c([nH]1)CNCC2.Cl. The van der Waals surface area contributed by atoms with Crippen LogP contribution in [0.15, 0.2) is 12.1 Å². The lowest BCUT2D eigenvalue weighted by atomic mass is 10.1. The fourth-order valence-corrected chi connectivity index (χ4v) is 2.29. The highest BCUT2D eigenvalue weighted by Crippen LogP contribution is 2.32. The number of H-pyrrole nitrogens is 1. The standard InChI is InChI=1S/C13H13F2N3O.ClH/c1-19-12-8(4-7(14)5-9(12)15)13-17-10-2-3-16-6-11(10)18-13;/h4-5,16H,2-3,6H2,1H3,(H,17,18);1H. The molecule has 2 aromatic rings. The summed E-state index contributed by atoms with van der Waals surface area (Å²) >= 11 is 0. The fourth-order valence-electron chi connectivity index (χ4n) is 2.29. The van der Waals surface area contributed by atoms with Gasteiger partial charge in [-0.25, -0.2) is 13.8 Å². The quantitative estimate of drug-likeness (QED) is 0.896. The average molecular weight is 302 g/mol. The summed E-state index contributed by atoms with van der Waals surface area (Å²) in [6, 6.07) is 2.02. The van der Waals surface area contributed by atoms with Crippen LogP contribution in [0.5, 0.6) is 5.75 Å². The summed E-state index contributed by atoms with van der Waals surface area (Å²) in [6.45, 7) is 1.54. The molecule has 1 aromatic carbocycles. The van der Waals surface area contributed by atoms with Crippen LogP contribution in [0.4, 0.5) is 8.78 Å².